The van der Waals surface area contributed by atoms with Gasteiger partial charge in [-0.2, -0.15) is 0 Å². The highest BCUT2D eigenvalue weighted by Crippen LogP contribution is 2.27. The number of H-pyrrole nitrogens is 1. The number of nitrogens with one attached hydrogen (secondary N) is 2. The van der Waals surface area contributed by atoms with Crippen LogP contribution >= 0.6 is 11.3 Å². The first-order valence-corrected chi connectivity index (χ1v) is 7.20. The molecule has 3 aromatic rings. The molecular formula is C14H12N4O3S. The standard InChI is InChI=1S/C14H12N4O3S/c1-7-10-12(19)16-6-17-14(10)22-11(7)13(20)18-8-3-4-9(21-2)15-5-8/h3-6H,1-2H3,(H,18,20)(H,16,17,19). The SMILES string of the molecule is COc1ccc(NC(=O)c2sc3nc[nH]c(=O)c3c2C)cn1. The minimum atomic E-state index is -0.299. The number of fused-ring (bicyclic) bond motifs is 1. The molecule has 0 fully saturated rings. The summed E-state index contributed by atoms with van der Waals surface area (Å²) in [5.41, 5.74) is 0.918. The van der Waals surface area contributed by atoms with E-state index in [-0.39, 0.29) is 11.5 Å². The van der Waals surface area contributed by atoms with E-state index in [4.69, 9.17) is 4.74 Å². The molecule has 0 aromatic carbocycles. The van der Waals surface area contributed by atoms with Gasteiger partial charge in [0.1, 0.15) is 4.83 Å². The number of aromatic amines is 1. The molecule has 0 atom stereocenters. The highest BCUT2D eigenvalue weighted by molar-refractivity contribution is 7.20. The van der Waals surface area contributed by atoms with Crippen molar-refractivity contribution in [1.29, 1.82) is 0 Å². The molecule has 0 saturated carbocycles. The first-order valence-electron chi connectivity index (χ1n) is 6.38. The zero-order valence-electron chi connectivity index (χ0n) is 11.8. The lowest BCUT2D eigenvalue weighted by molar-refractivity contribution is 0.103. The van der Waals surface area contributed by atoms with Gasteiger partial charge < -0.3 is 15.0 Å². The highest BCUT2D eigenvalue weighted by Gasteiger charge is 2.18. The Hall–Kier alpha value is -2.74. The summed E-state index contributed by atoms with van der Waals surface area (Å²) in [4.78, 5) is 35.8. The third-order valence-electron chi connectivity index (χ3n) is 3.14. The van der Waals surface area contributed by atoms with Gasteiger partial charge in [0.2, 0.25) is 5.88 Å². The summed E-state index contributed by atoms with van der Waals surface area (Å²) >= 11 is 1.18. The van der Waals surface area contributed by atoms with Crippen LogP contribution in [0.2, 0.25) is 0 Å². The van der Waals surface area contributed by atoms with Crippen LogP contribution in [0.5, 0.6) is 5.88 Å². The quantitative estimate of drug-likeness (QED) is 0.770. The van der Waals surface area contributed by atoms with E-state index >= 15 is 0 Å². The molecule has 0 aliphatic heterocycles. The Morgan fingerprint density at radius 1 is 1.36 bits per heavy atom. The number of hydrogen-bond donors (Lipinski definition) is 2. The zero-order chi connectivity index (χ0) is 15.7. The third kappa shape index (κ3) is 2.44. The number of carbonyl (C=O) groups is 1. The Bertz CT molecular complexity index is 899. The van der Waals surface area contributed by atoms with Crippen molar-refractivity contribution in [3.05, 3.63) is 45.5 Å². The maximum absolute atomic E-state index is 12.4. The van der Waals surface area contributed by atoms with Gasteiger partial charge in [-0.25, -0.2) is 9.97 Å². The average Bonchev–Trinajstić information content (AvgIpc) is 2.86. The molecule has 3 aromatic heterocycles. The van der Waals surface area contributed by atoms with Crippen LogP contribution in [0.15, 0.2) is 29.5 Å². The zero-order valence-corrected chi connectivity index (χ0v) is 12.7. The maximum atomic E-state index is 12.4. The Morgan fingerprint density at radius 3 is 2.82 bits per heavy atom. The predicted octanol–water partition coefficient (Wildman–Crippen LogP) is 1.95. The van der Waals surface area contributed by atoms with Crippen molar-refractivity contribution in [1.82, 2.24) is 15.0 Å². The van der Waals surface area contributed by atoms with E-state index < -0.39 is 0 Å². The Balaban J connectivity index is 1.93. The van der Waals surface area contributed by atoms with Crippen LogP contribution in [-0.4, -0.2) is 28.0 Å². The summed E-state index contributed by atoms with van der Waals surface area (Å²) < 4.78 is 4.96. The van der Waals surface area contributed by atoms with Gasteiger partial charge in [0, 0.05) is 6.07 Å². The van der Waals surface area contributed by atoms with Crippen LogP contribution in [0.4, 0.5) is 5.69 Å². The van der Waals surface area contributed by atoms with Gasteiger partial charge in [-0.1, -0.05) is 0 Å². The van der Waals surface area contributed by atoms with Gasteiger partial charge in [-0.15, -0.1) is 11.3 Å². The summed E-state index contributed by atoms with van der Waals surface area (Å²) in [5.74, 6) is 0.165. The van der Waals surface area contributed by atoms with Crippen molar-refractivity contribution < 1.29 is 9.53 Å². The second-order valence-electron chi connectivity index (χ2n) is 4.51. The molecule has 7 nitrogen and oxygen atoms in total. The molecule has 0 saturated heterocycles. The van der Waals surface area contributed by atoms with Crippen LogP contribution in [0.25, 0.3) is 10.2 Å². The molecule has 3 rings (SSSR count). The first-order chi connectivity index (χ1) is 10.6. The van der Waals surface area contributed by atoms with Crippen molar-refractivity contribution in [2.45, 2.75) is 6.92 Å². The van der Waals surface area contributed by atoms with Crippen LogP contribution < -0.4 is 15.6 Å². The molecule has 0 spiro atoms. The molecule has 0 unspecified atom stereocenters. The lowest BCUT2D eigenvalue weighted by Gasteiger charge is -2.04. The number of aryl methyl sites for hydroxylation is 1. The van der Waals surface area contributed by atoms with E-state index in [0.29, 0.717) is 32.2 Å². The van der Waals surface area contributed by atoms with Crippen LogP contribution in [0.1, 0.15) is 15.2 Å². The van der Waals surface area contributed by atoms with E-state index in [2.05, 4.69) is 20.3 Å². The summed E-state index contributed by atoms with van der Waals surface area (Å²) in [6.45, 7) is 1.73. The Kier molecular flexibility index (Phi) is 3.60. The molecule has 8 heteroatoms. The number of amides is 1. The molecule has 0 aliphatic rings. The van der Waals surface area contributed by atoms with Gasteiger partial charge in [0.05, 0.1) is 35.6 Å². The monoisotopic (exact) mass is 316 g/mol. The van der Waals surface area contributed by atoms with E-state index in [1.165, 1.54) is 31.0 Å². The van der Waals surface area contributed by atoms with Crippen LogP contribution in [0, 0.1) is 6.92 Å². The third-order valence-corrected chi connectivity index (χ3v) is 4.34. The number of anilines is 1. The number of carbonyl (C=O) groups excluding carboxylic acids is 1. The molecule has 0 radical (unpaired) electrons. The van der Waals surface area contributed by atoms with Gasteiger partial charge in [-0.05, 0) is 18.6 Å². The number of ether oxygens (including phenoxy) is 1. The van der Waals surface area contributed by atoms with Gasteiger partial charge in [0.15, 0.2) is 0 Å². The smallest absolute Gasteiger partial charge is 0.266 e. The van der Waals surface area contributed by atoms with Crippen LogP contribution in [-0.2, 0) is 0 Å². The van der Waals surface area contributed by atoms with Gasteiger partial charge in [-0.3, -0.25) is 9.59 Å². The first kappa shape index (κ1) is 14.2. The van der Waals surface area contributed by atoms with Crippen molar-refractivity contribution in [2.75, 3.05) is 12.4 Å². The summed E-state index contributed by atoms with van der Waals surface area (Å²) in [5, 5.41) is 3.19. The lowest BCUT2D eigenvalue weighted by Crippen LogP contribution is -2.12. The fraction of sp³-hybridized carbons (Fsp3) is 0.143. The molecule has 22 heavy (non-hydrogen) atoms. The Morgan fingerprint density at radius 2 is 2.18 bits per heavy atom. The number of nitrogens with zero attached hydrogens (tertiary/aromatic N) is 2. The molecule has 3 heterocycles. The average molecular weight is 316 g/mol. The van der Waals surface area contributed by atoms with Gasteiger partial charge in [0.25, 0.3) is 11.5 Å². The Labute approximate surface area is 129 Å². The normalized spacial score (nSPS) is 10.6. The van der Waals surface area contributed by atoms with E-state index in [1.54, 1.807) is 19.1 Å². The van der Waals surface area contributed by atoms with Crippen molar-refractivity contribution in [2.24, 2.45) is 0 Å². The van der Waals surface area contributed by atoms with Crippen LogP contribution in [0.3, 0.4) is 0 Å². The summed E-state index contributed by atoms with van der Waals surface area (Å²) in [6, 6.07) is 3.34. The predicted molar refractivity (Wildman–Crippen MR) is 83.7 cm³/mol. The number of hydrogen-bond acceptors (Lipinski definition) is 6. The molecule has 112 valence electrons. The minimum Gasteiger partial charge on any atom is -0.481 e. The molecule has 0 bridgehead atoms. The highest BCUT2D eigenvalue weighted by atomic mass is 32.1. The number of rotatable bonds is 3. The number of pyridine rings is 1. The summed E-state index contributed by atoms with van der Waals surface area (Å²) in [6.07, 6.45) is 2.83. The number of thiophene rings is 1. The fourth-order valence-electron chi connectivity index (χ4n) is 2.06. The summed E-state index contributed by atoms with van der Waals surface area (Å²) in [7, 11) is 1.52. The fourth-order valence-corrected chi connectivity index (χ4v) is 3.10. The van der Waals surface area contributed by atoms with E-state index in [9.17, 15) is 9.59 Å². The minimum absolute atomic E-state index is 0.246. The largest absolute Gasteiger partial charge is 0.481 e. The van der Waals surface area contributed by atoms with Gasteiger partial charge >= 0.3 is 0 Å². The molecule has 2 N–H and O–H groups in total. The van der Waals surface area contributed by atoms with E-state index in [0.717, 1.165) is 0 Å². The molecule has 0 aliphatic carbocycles. The number of aromatic nitrogens is 3. The van der Waals surface area contributed by atoms with E-state index in [1.807, 2.05) is 0 Å². The molecular weight excluding hydrogens is 304 g/mol. The lowest BCUT2D eigenvalue weighted by atomic mass is 10.2. The van der Waals surface area contributed by atoms with Crippen molar-refractivity contribution in [3.63, 3.8) is 0 Å². The maximum Gasteiger partial charge on any atom is 0.266 e. The topological polar surface area (TPSA) is 97.0 Å². The second-order valence-corrected chi connectivity index (χ2v) is 5.51. The van der Waals surface area contributed by atoms with Crippen molar-refractivity contribution >= 4 is 33.1 Å². The molecule has 1 amide bonds. The van der Waals surface area contributed by atoms with Crippen molar-refractivity contribution in [3.8, 4) is 5.88 Å². The number of methoxy groups -OCH3 is 1. The second kappa shape index (κ2) is 5.57.